The molecule has 0 saturated heterocycles. The normalized spacial score (nSPS) is 11.3. The van der Waals surface area contributed by atoms with Gasteiger partial charge in [0.25, 0.3) is 11.8 Å². The topological polar surface area (TPSA) is 179 Å². The second kappa shape index (κ2) is 15.9. The van der Waals surface area contributed by atoms with E-state index in [1.807, 2.05) is 54.6 Å². The zero-order valence-corrected chi connectivity index (χ0v) is 27.2. The van der Waals surface area contributed by atoms with Crippen LogP contribution in [0, 0.1) is 0 Å². The third kappa shape index (κ3) is 9.23. The van der Waals surface area contributed by atoms with E-state index in [4.69, 9.17) is 41.3 Å². The molecule has 48 heavy (non-hydrogen) atoms. The highest BCUT2D eigenvalue weighted by Gasteiger charge is 2.19. The number of carbonyl (C=O) groups excluding carboxylic acids is 2. The number of amides is 2. The van der Waals surface area contributed by atoms with Gasteiger partial charge in [-0.15, -0.1) is 0 Å². The van der Waals surface area contributed by atoms with E-state index in [1.165, 1.54) is 18.2 Å². The predicted octanol–water partition coefficient (Wildman–Crippen LogP) is 5.88. The molecule has 0 aromatic heterocycles. The first-order chi connectivity index (χ1) is 23.1. The van der Waals surface area contributed by atoms with E-state index in [-0.39, 0.29) is 46.8 Å². The first-order valence-electron chi connectivity index (χ1n) is 14.8. The third-order valence-electron chi connectivity index (χ3n) is 7.06. The molecule has 0 saturated carbocycles. The molecule has 14 heteroatoms. The van der Waals surface area contributed by atoms with Crippen LogP contribution in [0.3, 0.4) is 0 Å². The van der Waals surface area contributed by atoms with Crippen LogP contribution in [0.25, 0.3) is 21.5 Å². The van der Waals surface area contributed by atoms with Crippen LogP contribution in [-0.4, -0.2) is 54.7 Å². The summed E-state index contributed by atoms with van der Waals surface area (Å²) >= 11 is 6.08. The summed E-state index contributed by atoms with van der Waals surface area (Å²) < 4.78 is 32.7. The minimum Gasteiger partial charge on any atom is -0.493 e. The molecular weight excluding hydrogens is 661 g/mol. The van der Waals surface area contributed by atoms with Crippen molar-refractivity contribution in [3.8, 4) is 17.2 Å². The number of phosphoric acid groups is 1. The van der Waals surface area contributed by atoms with Crippen LogP contribution in [0.4, 0.5) is 5.69 Å². The van der Waals surface area contributed by atoms with Crippen LogP contribution in [0.2, 0.25) is 5.02 Å². The van der Waals surface area contributed by atoms with Crippen molar-refractivity contribution in [3.05, 3.63) is 107 Å². The smallest absolute Gasteiger partial charge is 0.472 e. The fourth-order valence-corrected chi connectivity index (χ4v) is 5.14. The summed E-state index contributed by atoms with van der Waals surface area (Å²) in [5, 5.41) is 9.30. The lowest BCUT2D eigenvalue weighted by Gasteiger charge is -2.16. The Morgan fingerprint density at radius 1 is 0.729 bits per heavy atom. The molecule has 5 aromatic carbocycles. The molecule has 0 aliphatic carbocycles. The van der Waals surface area contributed by atoms with Crippen LogP contribution in [-0.2, 0) is 9.09 Å². The van der Waals surface area contributed by atoms with Gasteiger partial charge in [0.2, 0.25) is 0 Å². The van der Waals surface area contributed by atoms with Crippen LogP contribution < -0.4 is 30.6 Å². The number of fused-ring (bicyclic) bond motifs is 2. The van der Waals surface area contributed by atoms with E-state index in [1.54, 1.807) is 18.2 Å². The van der Waals surface area contributed by atoms with Gasteiger partial charge in [0, 0.05) is 11.1 Å². The summed E-state index contributed by atoms with van der Waals surface area (Å²) in [5.74, 6) is -0.165. The molecule has 0 aliphatic heterocycles. The summed E-state index contributed by atoms with van der Waals surface area (Å²) in [6.07, 6.45) is 0.640. The van der Waals surface area contributed by atoms with Gasteiger partial charge < -0.3 is 40.4 Å². The zero-order chi connectivity index (χ0) is 34.1. The molecule has 0 fully saturated rings. The van der Waals surface area contributed by atoms with Gasteiger partial charge in [-0.2, -0.15) is 0 Å². The highest BCUT2D eigenvalue weighted by atomic mass is 35.5. The molecule has 0 aliphatic rings. The van der Waals surface area contributed by atoms with Gasteiger partial charge in [-0.3, -0.25) is 9.59 Å². The average molecular weight is 694 g/mol. The summed E-state index contributed by atoms with van der Waals surface area (Å²) in [7, 11) is -4.79. The fourth-order valence-electron chi connectivity index (χ4n) is 4.79. The number of phosphoric ester groups is 1. The Labute approximate surface area is 280 Å². The van der Waals surface area contributed by atoms with Gasteiger partial charge >= 0.3 is 7.82 Å². The standard InChI is InChI=1S/C34H33ClN3O9P/c35-26-10-11-29(32(20-26)46-21-47-48(41,42)43)38-34(40)28-17-23-7-2-4-9-25(23)19-31(28)45-15-13-37-33(39)27-16-22-6-1-3-8-24(22)18-30(27)44-14-5-12-36/h1-4,6-11,16-20H,5,12-15,21,36H2,(H,37,39)(H,38,40)(H2,41,42,43). The maximum Gasteiger partial charge on any atom is 0.472 e. The molecule has 5 rings (SSSR count). The van der Waals surface area contributed by atoms with Gasteiger partial charge in [0.05, 0.1) is 30.0 Å². The molecule has 2 amide bonds. The van der Waals surface area contributed by atoms with Crippen molar-refractivity contribution in [2.24, 2.45) is 5.73 Å². The van der Waals surface area contributed by atoms with Crippen molar-refractivity contribution >= 4 is 58.5 Å². The Kier molecular flexibility index (Phi) is 11.5. The fraction of sp³-hybridized carbons (Fsp3) is 0.176. The van der Waals surface area contributed by atoms with Gasteiger partial charge in [0.15, 0.2) is 6.79 Å². The number of rotatable bonds is 15. The van der Waals surface area contributed by atoms with E-state index < -0.39 is 20.5 Å². The quantitative estimate of drug-likeness (QED) is 0.0505. The van der Waals surface area contributed by atoms with E-state index in [0.717, 1.165) is 21.5 Å². The third-order valence-corrected chi connectivity index (χ3v) is 7.74. The lowest BCUT2D eigenvalue weighted by molar-refractivity contribution is 0.0829. The van der Waals surface area contributed by atoms with E-state index >= 15 is 0 Å². The number of halogens is 1. The molecular formula is C34H33ClN3O9P. The summed E-state index contributed by atoms with van der Waals surface area (Å²) in [6, 6.07) is 26.5. The Bertz CT molecular complexity index is 1990. The maximum absolute atomic E-state index is 13.6. The van der Waals surface area contributed by atoms with Gasteiger partial charge in [-0.25, -0.2) is 9.09 Å². The SMILES string of the molecule is NCCCOc1cc2ccccc2cc1C(=O)NCCOc1cc2ccccc2cc1C(=O)Nc1ccc(Cl)cc1OCOP(=O)(O)O. The number of hydrogen-bond acceptors (Lipinski definition) is 8. The van der Waals surface area contributed by atoms with Crippen LogP contribution in [0.15, 0.2) is 91.0 Å². The summed E-state index contributed by atoms with van der Waals surface area (Å²) in [5.41, 5.74) is 6.36. The summed E-state index contributed by atoms with van der Waals surface area (Å²) in [6.45, 7) is 0.205. The zero-order valence-electron chi connectivity index (χ0n) is 25.6. The van der Waals surface area contributed by atoms with E-state index in [9.17, 15) is 14.2 Å². The molecule has 12 nitrogen and oxygen atoms in total. The second-order valence-corrected chi connectivity index (χ2v) is 12.1. The van der Waals surface area contributed by atoms with Crippen LogP contribution in [0.1, 0.15) is 27.1 Å². The van der Waals surface area contributed by atoms with Crippen molar-refractivity contribution in [2.45, 2.75) is 6.42 Å². The number of ether oxygens (including phenoxy) is 3. The molecule has 0 unspecified atom stereocenters. The van der Waals surface area contributed by atoms with Crippen molar-refractivity contribution in [2.75, 3.05) is 38.4 Å². The van der Waals surface area contributed by atoms with Crippen molar-refractivity contribution in [3.63, 3.8) is 0 Å². The molecule has 0 bridgehead atoms. The number of nitrogens with one attached hydrogen (secondary N) is 2. The maximum atomic E-state index is 13.6. The monoisotopic (exact) mass is 693 g/mol. The highest BCUT2D eigenvalue weighted by Crippen LogP contribution is 2.37. The molecule has 0 radical (unpaired) electrons. The molecule has 0 atom stereocenters. The molecule has 250 valence electrons. The number of hydrogen-bond donors (Lipinski definition) is 5. The second-order valence-electron chi connectivity index (χ2n) is 10.5. The van der Waals surface area contributed by atoms with Crippen molar-refractivity contribution in [1.82, 2.24) is 5.32 Å². The Hall–Kier alpha value is -4.68. The lowest BCUT2D eigenvalue weighted by atomic mass is 10.0. The largest absolute Gasteiger partial charge is 0.493 e. The van der Waals surface area contributed by atoms with Crippen LogP contribution >= 0.6 is 19.4 Å². The van der Waals surface area contributed by atoms with E-state index in [0.29, 0.717) is 30.9 Å². The highest BCUT2D eigenvalue weighted by molar-refractivity contribution is 7.46. The van der Waals surface area contributed by atoms with Crippen molar-refractivity contribution < 1.29 is 42.7 Å². The predicted molar refractivity (Wildman–Crippen MR) is 183 cm³/mol. The number of carbonyl (C=O) groups is 2. The Morgan fingerprint density at radius 2 is 1.29 bits per heavy atom. The first kappa shape index (κ1) is 34.6. The van der Waals surface area contributed by atoms with Gasteiger partial charge in [-0.1, -0.05) is 60.1 Å². The Morgan fingerprint density at radius 3 is 1.88 bits per heavy atom. The molecule has 6 N–H and O–H groups in total. The molecule has 0 heterocycles. The van der Waals surface area contributed by atoms with Crippen LogP contribution in [0.5, 0.6) is 17.2 Å². The number of anilines is 1. The number of benzene rings is 5. The molecule has 0 spiro atoms. The first-order valence-corrected chi connectivity index (χ1v) is 16.8. The lowest BCUT2D eigenvalue weighted by Crippen LogP contribution is -2.29. The van der Waals surface area contributed by atoms with Crippen molar-refractivity contribution in [1.29, 1.82) is 0 Å². The van der Waals surface area contributed by atoms with Gasteiger partial charge in [0.1, 0.15) is 23.9 Å². The van der Waals surface area contributed by atoms with E-state index in [2.05, 4.69) is 15.2 Å². The Balaban J connectivity index is 1.31. The average Bonchev–Trinajstić information content (AvgIpc) is 3.06. The summed E-state index contributed by atoms with van der Waals surface area (Å²) in [4.78, 5) is 44.8. The minimum atomic E-state index is -4.79. The molecule has 5 aromatic rings. The minimum absolute atomic E-state index is 0.0235. The number of nitrogens with two attached hydrogens (primary N) is 1. The van der Waals surface area contributed by atoms with Gasteiger partial charge in [-0.05, 0) is 70.9 Å².